The third-order valence-electron chi connectivity index (χ3n) is 4.30. The summed E-state index contributed by atoms with van der Waals surface area (Å²) in [4.78, 5) is 19.0. The fourth-order valence-corrected chi connectivity index (χ4v) is 3.00. The van der Waals surface area contributed by atoms with Crippen LogP contribution < -0.4 is 5.32 Å². The van der Waals surface area contributed by atoms with Crippen LogP contribution in [0.4, 0.5) is 5.82 Å². The summed E-state index contributed by atoms with van der Waals surface area (Å²) in [5.74, 6) is 3.08. The first-order valence-corrected chi connectivity index (χ1v) is 8.77. The number of hydrogen-bond donors (Lipinski definition) is 1. The molecular formula is C17H25N5O3. The fourth-order valence-electron chi connectivity index (χ4n) is 3.00. The number of amides is 1. The van der Waals surface area contributed by atoms with Crippen LogP contribution in [0, 0.1) is 18.8 Å². The highest BCUT2D eigenvalue weighted by atomic mass is 16.5. The van der Waals surface area contributed by atoms with Gasteiger partial charge in [0.05, 0.1) is 6.54 Å². The number of aryl methyl sites for hydroxylation is 1. The van der Waals surface area contributed by atoms with E-state index in [0.717, 1.165) is 38.2 Å². The molecule has 1 fully saturated rings. The Morgan fingerprint density at radius 2 is 2.08 bits per heavy atom. The van der Waals surface area contributed by atoms with Gasteiger partial charge in [0.1, 0.15) is 5.76 Å². The minimum absolute atomic E-state index is 0.00459. The lowest BCUT2D eigenvalue weighted by Gasteiger charge is -2.29. The van der Waals surface area contributed by atoms with E-state index in [-0.39, 0.29) is 11.8 Å². The van der Waals surface area contributed by atoms with Gasteiger partial charge in [-0.2, -0.15) is 4.98 Å². The lowest BCUT2D eigenvalue weighted by atomic mass is 9.96. The van der Waals surface area contributed by atoms with Gasteiger partial charge in [0.25, 0.3) is 0 Å². The summed E-state index contributed by atoms with van der Waals surface area (Å²) in [6, 6.07) is 1.72. The summed E-state index contributed by atoms with van der Waals surface area (Å²) in [6.07, 6.45) is 2.43. The maximum absolute atomic E-state index is 12.3. The molecule has 0 spiro atoms. The molecule has 0 saturated carbocycles. The first kappa shape index (κ1) is 17.6. The number of carbonyl (C=O) groups is 1. The third kappa shape index (κ3) is 4.88. The number of carbonyl (C=O) groups excluding carboxylic acids is 1. The molecule has 1 saturated heterocycles. The van der Waals surface area contributed by atoms with E-state index in [2.05, 4.69) is 39.4 Å². The van der Waals surface area contributed by atoms with Gasteiger partial charge in [0.2, 0.25) is 11.8 Å². The Kier molecular flexibility index (Phi) is 5.47. The maximum atomic E-state index is 12.3. The predicted octanol–water partition coefficient (Wildman–Crippen LogP) is 2.42. The normalized spacial score (nSPS) is 16.5. The third-order valence-corrected chi connectivity index (χ3v) is 4.30. The molecule has 0 bridgehead atoms. The molecular weight excluding hydrogens is 322 g/mol. The Hall–Kier alpha value is -2.22. The molecule has 1 amide bonds. The van der Waals surface area contributed by atoms with Crippen LogP contribution in [0.2, 0.25) is 0 Å². The van der Waals surface area contributed by atoms with Crippen LogP contribution in [0.3, 0.4) is 0 Å². The molecule has 2 aromatic rings. The highest BCUT2D eigenvalue weighted by Gasteiger charge is 2.26. The number of nitrogens with one attached hydrogen (secondary N) is 1. The summed E-state index contributed by atoms with van der Waals surface area (Å²) in [5.41, 5.74) is 0. The van der Waals surface area contributed by atoms with Crippen molar-refractivity contribution in [2.75, 3.05) is 18.4 Å². The highest BCUT2D eigenvalue weighted by Crippen LogP contribution is 2.21. The van der Waals surface area contributed by atoms with Gasteiger partial charge >= 0.3 is 0 Å². The van der Waals surface area contributed by atoms with Gasteiger partial charge in [-0.25, -0.2) is 0 Å². The van der Waals surface area contributed by atoms with E-state index in [1.807, 2.05) is 0 Å². The van der Waals surface area contributed by atoms with Crippen LogP contribution in [-0.4, -0.2) is 39.2 Å². The van der Waals surface area contributed by atoms with Gasteiger partial charge in [-0.1, -0.05) is 24.2 Å². The summed E-state index contributed by atoms with van der Waals surface area (Å²) in [6.45, 7) is 8.36. The van der Waals surface area contributed by atoms with Crippen LogP contribution in [0.1, 0.15) is 44.2 Å². The van der Waals surface area contributed by atoms with Crippen molar-refractivity contribution in [3.05, 3.63) is 23.5 Å². The fraction of sp³-hybridized carbons (Fsp3) is 0.647. The quantitative estimate of drug-likeness (QED) is 0.857. The summed E-state index contributed by atoms with van der Waals surface area (Å²) in [7, 11) is 0. The van der Waals surface area contributed by atoms with Crippen molar-refractivity contribution >= 4 is 11.7 Å². The molecule has 25 heavy (non-hydrogen) atoms. The SMILES string of the molecule is Cc1cc(NC(=O)C2CCN(Cc3nc(CC(C)C)no3)CC2)no1. The van der Waals surface area contributed by atoms with E-state index in [0.29, 0.717) is 29.9 Å². The number of rotatable bonds is 6. The van der Waals surface area contributed by atoms with Gasteiger partial charge < -0.3 is 14.4 Å². The second kappa shape index (κ2) is 7.77. The van der Waals surface area contributed by atoms with Crippen molar-refractivity contribution < 1.29 is 13.8 Å². The molecule has 0 unspecified atom stereocenters. The zero-order chi connectivity index (χ0) is 17.8. The Balaban J connectivity index is 1.45. The van der Waals surface area contributed by atoms with Crippen molar-refractivity contribution in [1.29, 1.82) is 0 Å². The molecule has 0 atom stereocenters. The maximum Gasteiger partial charge on any atom is 0.240 e. The largest absolute Gasteiger partial charge is 0.360 e. The molecule has 0 radical (unpaired) electrons. The van der Waals surface area contributed by atoms with Crippen molar-refractivity contribution in [3.8, 4) is 0 Å². The highest BCUT2D eigenvalue weighted by molar-refractivity contribution is 5.91. The molecule has 0 aliphatic carbocycles. The second-order valence-corrected chi connectivity index (χ2v) is 7.06. The van der Waals surface area contributed by atoms with Crippen LogP contribution in [0.15, 0.2) is 15.1 Å². The van der Waals surface area contributed by atoms with Gasteiger partial charge in [0, 0.05) is 18.4 Å². The smallest absolute Gasteiger partial charge is 0.240 e. The Morgan fingerprint density at radius 1 is 1.32 bits per heavy atom. The number of likely N-dealkylation sites (tertiary alicyclic amines) is 1. The Bertz CT molecular complexity index is 701. The summed E-state index contributed by atoms with van der Waals surface area (Å²) >= 11 is 0. The molecule has 8 nitrogen and oxygen atoms in total. The monoisotopic (exact) mass is 347 g/mol. The Labute approximate surface area is 146 Å². The minimum atomic E-state index is -0.00700. The van der Waals surface area contributed by atoms with Crippen LogP contribution >= 0.6 is 0 Å². The first-order valence-electron chi connectivity index (χ1n) is 8.77. The first-order chi connectivity index (χ1) is 12.0. The van der Waals surface area contributed by atoms with Crippen molar-refractivity contribution in [3.63, 3.8) is 0 Å². The van der Waals surface area contributed by atoms with E-state index in [1.165, 1.54) is 0 Å². The number of piperidine rings is 1. The van der Waals surface area contributed by atoms with E-state index in [1.54, 1.807) is 13.0 Å². The van der Waals surface area contributed by atoms with E-state index >= 15 is 0 Å². The molecule has 1 aliphatic heterocycles. The molecule has 136 valence electrons. The molecule has 1 N–H and O–H groups in total. The zero-order valence-corrected chi connectivity index (χ0v) is 15.0. The molecule has 8 heteroatoms. The molecule has 3 rings (SSSR count). The number of aromatic nitrogens is 3. The lowest BCUT2D eigenvalue weighted by molar-refractivity contribution is -0.121. The average Bonchev–Trinajstić information content (AvgIpc) is 3.16. The molecule has 2 aromatic heterocycles. The van der Waals surface area contributed by atoms with Gasteiger partial charge in [0.15, 0.2) is 11.6 Å². The lowest BCUT2D eigenvalue weighted by Crippen LogP contribution is -2.37. The van der Waals surface area contributed by atoms with Crippen LogP contribution in [0.5, 0.6) is 0 Å². The zero-order valence-electron chi connectivity index (χ0n) is 15.0. The van der Waals surface area contributed by atoms with E-state index < -0.39 is 0 Å². The molecule has 1 aliphatic rings. The van der Waals surface area contributed by atoms with Crippen molar-refractivity contribution in [2.45, 2.75) is 46.6 Å². The van der Waals surface area contributed by atoms with Gasteiger partial charge in [-0.3, -0.25) is 9.69 Å². The van der Waals surface area contributed by atoms with Gasteiger partial charge in [-0.05, 0) is 38.8 Å². The van der Waals surface area contributed by atoms with E-state index in [9.17, 15) is 4.79 Å². The minimum Gasteiger partial charge on any atom is -0.360 e. The van der Waals surface area contributed by atoms with Crippen LogP contribution in [0.25, 0.3) is 0 Å². The van der Waals surface area contributed by atoms with Crippen LogP contribution in [-0.2, 0) is 17.8 Å². The number of nitrogens with zero attached hydrogens (tertiary/aromatic N) is 4. The van der Waals surface area contributed by atoms with Crippen molar-refractivity contribution in [2.24, 2.45) is 11.8 Å². The summed E-state index contributed by atoms with van der Waals surface area (Å²) < 4.78 is 10.3. The van der Waals surface area contributed by atoms with E-state index in [4.69, 9.17) is 9.05 Å². The summed E-state index contributed by atoms with van der Waals surface area (Å²) in [5, 5.41) is 10.6. The predicted molar refractivity (Wildman–Crippen MR) is 90.7 cm³/mol. The standard InChI is InChI=1S/C17H25N5O3/c1-11(2)8-14-18-16(25-21-14)10-22-6-4-13(5-7-22)17(23)19-15-9-12(3)24-20-15/h9,11,13H,4-8,10H2,1-3H3,(H,19,20,23). The van der Waals surface area contributed by atoms with Gasteiger partial charge in [-0.15, -0.1) is 0 Å². The molecule has 0 aromatic carbocycles. The topological polar surface area (TPSA) is 97.3 Å². The van der Waals surface area contributed by atoms with Crippen molar-refractivity contribution in [1.82, 2.24) is 20.2 Å². The second-order valence-electron chi connectivity index (χ2n) is 7.06. The number of anilines is 1. The number of hydrogen-bond acceptors (Lipinski definition) is 7. The average molecular weight is 347 g/mol. The molecule has 3 heterocycles. The Morgan fingerprint density at radius 3 is 2.72 bits per heavy atom.